The number of carbonyl (C=O) groups excluding carboxylic acids is 2. The molecule has 0 saturated carbocycles. The van der Waals surface area contributed by atoms with Gasteiger partial charge in [-0.1, -0.05) is 13.8 Å². The van der Waals surface area contributed by atoms with Crippen molar-refractivity contribution in [3.63, 3.8) is 0 Å². The lowest BCUT2D eigenvalue weighted by molar-refractivity contribution is -0.153. The van der Waals surface area contributed by atoms with Crippen LogP contribution in [0.2, 0.25) is 0 Å². The molecule has 3 rings (SSSR count). The van der Waals surface area contributed by atoms with Gasteiger partial charge in [-0.2, -0.15) is 5.10 Å². The number of amides is 1. The third-order valence-electron chi connectivity index (χ3n) is 4.13. The van der Waals surface area contributed by atoms with Gasteiger partial charge >= 0.3 is 5.97 Å². The molecule has 2 aromatic rings. The first-order valence-electron chi connectivity index (χ1n) is 8.67. The van der Waals surface area contributed by atoms with Gasteiger partial charge in [-0.25, -0.2) is 5.01 Å². The molecule has 1 amide bonds. The molecule has 1 unspecified atom stereocenters. The lowest BCUT2D eigenvalue weighted by Crippen LogP contribution is -2.31. The fraction of sp³-hybridized carbons (Fsp3) is 0.421. The average molecular weight is 358 g/mol. The summed E-state index contributed by atoms with van der Waals surface area (Å²) in [6.07, 6.45) is 4.60. The number of rotatable bonds is 7. The lowest BCUT2D eigenvalue weighted by Gasteiger charge is -2.19. The van der Waals surface area contributed by atoms with E-state index in [-0.39, 0.29) is 18.6 Å². The summed E-state index contributed by atoms with van der Waals surface area (Å²) in [4.78, 5) is 24.3. The highest BCUT2D eigenvalue weighted by atomic mass is 16.5. The fourth-order valence-electron chi connectivity index (χ4n) is 2.72. The first-order valence-corrected chi connectivity index (χ1v) is 8.67. The van der Waals surface area contributed by atoms with Crippen molar-refractivity contribution in [2.24, 2.45) is 11.0 Å². The van der Waals surface area contributed by atoms with E-state index in [9.17, 15) is 9.59 Å². The summed E-state index contributed by atoms with van der Waals surface area (Å²) in [5.74, 6) is 0.850. The van der Waals surface area contributed by atoms with E-state index in [4.69, 9.17) is 13.6 Å². The molecule has 7 nitrogen and oxygen atoms in total. The summed E-state index contributed by atoms with van der Waals surface area (Å²) >= 11 is 0. The maximum Gasteiger partial charge on any atom is 0.306 e. The van der Waals surface area contributed by atoms with Crippen molar-refractivity contribution in [2.75, 3.05) is 6.61 Å². The molecular weight excluding hydrogens is 336 g/mol. The quantitative estimate of drug-likeness (QED) is 0.707. The van der Waals surface area contributed by atoms with Gasteiger partial charge in [-0.3, -0.25) is 9.59 Å². The molecule has 0 saturated heterocycles. The average Bonchev–Trinajstić information content (AvgIpc) is 3.37. The van der Waals surface area contributed by atoms with Crippen molar-refractivity contribution in [1.29, 1.82) is 0 Å². The van der Waals surface area contributed by atoms with E-state index in [0.29, 0.717) is 36.0 Å². The summed E-state index contributed by atoms with van der Waals surface area (Å²) in [5, 5.41) is 5.69. The summed E-state index contributed by atoms with van der Waals surface area (Å²) in [5.41, 5.74) is 0.649. The number of hydrazone groups is 1. The Bertz CT molecular complexity index is 762. The van der Waals surface area contributed by atoms with E-state index < -0.39 is 5.91 Å². The molecule has 0 spiro atoms. The summed E-state index contributed by atoms with van der Waals surface area (Å²) in [7, 11) is 0. The Kier molecular flexibility index (Phi) is 5.55. The normalized spacial score (nSPS) is 16.8. The van der Waals surface area contributed by atoms with E-state index in [2.05, 4.69) is 5.10 Å². The Balaban J connectivity index is 1.67. The zero-order valence-corrected chi connectivity index (χ0v) is 14.9. The molecule has 0 bridgehead atoms. The molecule has 0 aromatic carbocycles. The predicted octanol–water partition coefficient (Wildman–Crippen LogP) is 3.53. The standard InChI is InChI=1S/C19H22N2O5/c1-13(2)7-8-19(23)26-12-18(22)21-15(17-6-4-10-25-17)11-14(20-21)16-5-3-9-24-16/h3-6,9-10,13,15H,7-8,11-12H2,1-2H3. The maximum atomic E-state index is 12.6. The van der Waals surface area contributed by atoms with Gasteiger partial charge in [0.15, 0.2) is 6.61 Å². The van der Waals surface area contributed by atoms with Crippen LogP contribution in [0.15, 0.2) is 50.7 Å². The van der Waals surface area contributed by atoms with Gasteiger partial charge in [0.05, 0.1) is 12.5 Å². The van der Waals surface area contributed by atoms with Crippen LogP contribution in [0.3, 0.4) is 0 Å². The molecule has 138 valence electrons. The largest absolute Gasteiger partial charge is 0.467 e. The van der Waals surface area contributed by atoms with Crippen molar-refractivity contribution in [2.45, 2.75) is 39.2 Å². The molecular formula is C19H22N2O5. The molecule has 2 aromatic heterocycles. The molecule has 3 heterocycles. The van der Waals surface area contributed by atoms with Crippen molar-refractivity contribution < 1.29 is 23.2 Å². The topological polar surface area (TPSA) is 85.3 Å². The van der Waals surface area contributed by atoms with Crippen molar-refractivity contribution in [3.8, 4) is 0 Å². The van der Waals surface area contributed by atoms with Gasteiger partial charge < -0.3 is 13.6 Å². The van der Waals surface area contributed by atoms with Gasteiger partial charge in [-0.05, 0) is 36.6 Å². The second-order valence-electron chi connectivity index (χ2n) is 6.59. The molecule has 1 atom stereocenters. The van der Waals surface area contributed by atoms with E-state index in [1.54, 1.807) is 36.8 Å². The first kappa shape index (κ1) is 18.0. The number of esters is 1. The highest BCUT2D eigenvalue weighted by Crippen LogP contribution is 2.33. The van der Waals surface area contributed by atoms with Crippen LogP contribution in [0.5, 0.6) is 0 Å². The number of nitrogens with zero attached hydrogens (tertiary/aromatic N) is 2. The van der Waals surface area contributed by atoms with Crippen LogP contribution >= 0.6 is 0 Å². The summed E-state index contributed by atoms with van der Waals surface area (Å²) in [6, 6.07) is 6.72. The minimum absolute atomic E-state index is 0.299. The molecule has 0 aliphatic carbocycles. The van der Waals surface area contributed by atoms with Crippen LogP contribution in [0.1, 0.15) is 50.7 Å². The Morgan fingerprint density at radius 2 is 2.04 bits per heavy atom. The second kappa shape index (κ2) is 8.03. The van der Waals surface area contributed by atoms with Crippen LogP contribution in [-0.2, 0) is 14.3 Å². The molecule has 7 heteroatoms. The summed E-state index contributed by atoms with van der Waals surface area (Å²) in [6.45, 7) is 3.71. The zero-order valence-electron chi connectivity index (χ0n) is 14.9. The molecule has 26 heavy (non-hydrogen) atoms. The number of hydrogen-bond acceptors (Lipinski definition) is 6. The number of carbonyl (C=O) groups is 2. The van der Waals surface area contributed by atoms with Crippen molar-refractivity contribution in [1.82, 2.24) is 5.01 Å². The van der Waals surface area contributed by atoms with Gasteiger partial charge in [-0.15, -0.1) is 0 Å². The van der Waals surface area contributed by atoms with Crippen LogP contribution in [-0.4, -0.2) is 29.2 Å². The minimum atomic E-state index is -0.397. The minimum Gasteiger partial charge on any atom is -0.467 e. The predicted molar refractivity (Wildman–Crippen MR) is 93.2 cm³/mol. The highest BCUT2D eigenvalue weighted by molar-refractivity contribution is 6.01. The lowest BCUT2D eigenvalue weighted by atomic mass is 10.1. The number of hydrogen-bond donors (Lipinski definition) is 0. The molecule has 0 radical (unpaired) electrons. The SMILES string of the molecule is CC(C)CCC(=O)OCC(=O)N1N=C(c2ccco2)CC1c1ccco1. The third kappa shape index (κ3) is 4.22. The third-order valence-corrected chi connectivity index (χ3v) is 4.13. The molecule has 0 fully saturated rings. The Labute approximate surface area is 151 Å². The highest BCUT2D eigenvalue weighted by Gasteiger charge is 2.36. The Hall–Kier alpha value is -2.83. The Morgan fingerprint density at radius 3 is 2.69 bits per heavy atom. The van der Waals surface area contributed by atoms with Crippen LogP contribution < -0.4 is 0 Å². The molecule has 0 N–H and O–H groups in total. The van der Waals surface area contributed by atoms with E-state index >= 15 is 0 Å². The second-order valence-corrected chi connectivity index (χ2v) is 6.59. The number of furan rings is 2. The molecule has 1 aliphatic heterocycles. The maximum absolute atomic E-state index is 12.6. The van der Waals surface area contributed by atoms with Crippen LogP contribution in [0, 0.1) is 5.92 Å². The number of ether oxygens (including phenoxy) is 1. The van der Waals surface area contributed by atoms with Crippen LogP contribution in [0.4, 0.5) is 0 Å². The van der Waals surface area contributed by atoms with E-state index in [0.717, 1.165) is 6.42 Å². The monoisotopic (exact) mass is 358 g/mol. The van der Waals surface area contributed by atoms with Gasteiger partial charge in [0.1, 0.15) is 23.3 Å². The smallest absolute Gasteiger partial charge is 0.306 e. The zero-order chi connectivity index (χ0) is 18.5. The summed E-state index contributed by atoms with van der Waals surface area (Å²) < 4.78 is 15.9. The fourth-order valence-corrected chi connectivity index (χ4v) is 2.72. The molecule has 1 aliphatic rings. The Morgan fingerprint density at radius 1 is 1.27 bits per heavy atom. The van der Waals surface area contributed by atoms with E-state index in [1.165, 1.54) is 5.01 Å². The van der Waals surface area contributed by atoms with Gasteiger partial charge in [0.25, 0.3) is 5.91 Å². The van der Waals surface area contributed by atoms with E-state index in [1.807, 2.05) is 13.8 Å². The van der Waals surface area contributed by atoms with Gasteiger partial charge in [0, 0.05) is 12.8 Å². The van der Waals surface area contributed by atoms with Crippen molar-refractivity contribution in [3.05, 3.63) is 48.3 Å². The van der Waals surface area contributed by atoms with Crippen molar-refractivity contribution >= 4 is 17.6 Å². The van der Waals surface area contributed by atoms with Gasteiger partial charge in [0.2, 0.25) is 0 Å². The first-order chi connectivity index (χ1) is 12.5. The van der Waals surface area contributed by atoms with Crippen LogP contribution in [0.25, 0.3) is 0 Å².